The molecule has 0 spiro atoms. The lowest BCUT2D eigenvalue weighted by molar-refractivity contribution is 0.195. The van der Waals surface area contributed by atoms with Gasteiger partial charge in [-0.15, -0.1) is 0 Å². The van der Waals surface area contributed by atoms with Gasteiger partial charge in [-0.05, 0) is 53.3 Å². The summed E-state index contributed by atoms with van der Waals surface area (Å²) in [7, 11) is 0. The Morgan fingerprint density at radius 2 is 2.41 bits per heavy atom. The van der Waals surface area contributed by atoms with Gasteiger partial charge < -0.3 is 9.73 Å². The van der Waals surface area contributed by atoms with E-state index in [9.17, 15) is 0 Å². The van der Waals surface area contributed by atoms with Crippen molar-refractivity contribution in [2.75, 3.05) is 19.6 Å². The summed E-state index contributed by atoms with van der Waals surface area (Å²) in [4.78, 5) is 2.60. The number of nitrogens with one attached hydrogen (secondary N) is 1. The molecule has 0 radical (unpaired) electrons. The Morgan fingerprint density at radius 3 is 3.12 bits per heavy atom. The number of halogens is 1. The van der Waals surface area contributed by atoms with Gasteiger partial charge in [0.2, 0.25) is 0 Å². The second kappa shape index (κ2) is 4.75. The second-order valence-electron chi connectivity index (χ2n) is 5.18. The summed E-state index contributed by atoms with van der Waals surface area (Å²) in [5.74, 6) is 2.75. The minimum absolute atomic E-state index is 0.715. The van der Waals surface area contributed by atoms with Crippen molar-refractivity contribution in [1.29, 1.82) is 0 Å². The maximum Gasteiger partial charge on any atom is 0.131 e. The largest absolute Gasteiger partial charge is 0.467 e. The van der Waals surface area contributed by atoms with Gasteiger partial charge in [-0.1, -0.05) is 6.92 Å². The van der Waals surface area contributed by atoms with Crippen LogP contribution in [0.4, 0.5) is 0 Å². The van der Waals surface area contributed by atoms with E-state index in [1.54, 1.807) is 6.26 Å². The molecule has 3 unspecified atom stereocenters. The predicted molar refractivity (Wildman–Crippen MR) is 70.7 cm³/mol. The molecule has 0 saturated carbocycles. The van der Waals surface area contributed by atoms with Crippen molar-refractivity contribution in [1.82, 2.24) is 10.2 Å². The number of rotatable bonds is 3. The first-order valence-electron chi connectivity index (χ1n) is 6.46. The predicted octanol–water partition coefficient (Wildman–Crippen LogP) is 2.47. The van der Waals surface area contributed by atoms with E-state index in [2.05, 4.69) is 33.1 Å². The molecule has 2 aliphatic rings. The fourth-order valence-corrected chi connectivity index (χ4v) is 3.80. The molecule has 2 aliphatic heterocycles. The van der Waals surface area contributed by atoms with Crippen LogP contribution in [-0.4, -0.2) is 30.6 Å². The van der Waals surface area contributed by atoms with E-state index in [0.29, 0.717) is 6.04 Å². The molecule has 2 fully saturated rings. The summed E-state index contributed by atoms with van der Waals surface area (Å²) in [6.07, 6.45) is 3.00. The lowest BCUT2D eigenvalue weighted by Crippen LogP contribution is -2.34. The van der Waals surface area contributed by atoms with E-state index in [0.717, 1.165) is 28.6 Å². The van der Waals surface area contributed by atoms with Crippen molar-refractivity contribution in [3.63, 3.8) is 0 Å². The van der Waals surface area contributed by atoms with Crippen molar-refractivity contribution in [3.8, 4) is 0 Å². The summed E-state index contributed by atoms with van der Waals surface area (Å²) < 4.78 is 6.64. The summed E-state index contributed by atoms with van der Waals surface area (Å²) in [5, 5.41) is 3.52. The minimum atomic E-state index is 0.715. The monoisotopic (exact) mass is 298 g/mol. The van der Waals surface area contributed by atoms with Crippen LogP contribution >= 0.6 is 15.9 Å². The molecule has 0 aliphatic carbocycles. The van der Waals surface area contributed by atoms with Crippen molar-refractivity contribution < 1.29 is 4.42 Å². The molecule has 1 aromatic heterocycles. The Balaban J connectivity index is 1.73. The van der Waals surface area contributed by atoms with Crippen LogP contribution in [0.25, 0.3) is 0 Å². The number of hydrogen-bond acceptors (Lipinski definition) is 3. The van der Waals surface area contributed by atoms with E-state index in [1.807, 2.05) is 6.07 Å². The van der Waals surface area contributed by atoms with Crippen LogP contribution in [0.2, 0.25) is 0 Å². The number of hydrogen-bond donors (Lipinski definition) is 1. The third-order valence-corrected chi connectivity index (χ3v) is 4.99. The molecule has 0 amide bonds. The van der Waals surface area contributed by atoms with Gasteiger partial charge in [0, 0.05) is 12.6 Å². The first-order valence-corrected chi connectivity index (χ1v) is 7.25. The lowest BCUT2D eigenvalue weighted by Gasteiger charge is -2.25. The van der Waals surface area contributed by atoms with Crippen LogP contribution < -0.4 is 5.32 Å². The summed E-state index contributed by atoms with van der Waals surface area (Å²) in [6, 6.07) is 2.70. The second-order valence-corrected chi connectivity index (χ2v) is 6.03. The van der Waals surface area contributed by atoms with Crippen LogP contribution in [0.15, 0.2) is 21.2 Å². The van der Waals surface area contributed by atoms with E-state index in [1.165, 1.54) is 26.1 Å². The van der Waals surface area contributed by atoms with Crippen LogP contribution in [0.3, 0.4) is 0 Å². The number of furan rings is 1. The van der Waals surface area contributed by atoms with Crippen molar-refractivity contribution in [2.45, 2.75) is 25.9 Å². The molecule has 0 aromatic carbocycles. The number of fused-ring (bicyclic) bond motifs is 1. The average Bonchev–Trinajstić information content (AvgIpc) is 2.96. The maximum atomic E-state index is 5.54. The van der Waals surface area contributed by atoms with E-state index >= 15 is 0 Å². The third-order valence-electron chi connectivity index (χ3n) is 4.28. The molecule has 4 heteroatoms. The van der Waals surface area contributed by atoms with Crippen LogP contribution in [-0.2, 0) is 6.54 Å². The Hall–Kier alpha value is -0.320. The standard InChI is InChI=1S/C13H19BrN2O/c1-2-12-10-6-15-5-9(10)7-16(12)8-13-11(14)3-4-17-13/h3-4,9-10,12,15H,2,5-8H2,1H3. The van der Waals surface area contributed by atoms with Gasteiger partial charge >= 0.3 is 0 Å². The maximum absolute atomic E-state index is 5.54. The van der Waals surface area contributed by atoms with Crippen molar-refractivity contribution >= 4 is 15.9 Å². The zero-order valence-electron chi connectivity index (χ0n) is 10.2. The van der Waals surface area contributed by atoms with Crippen molar-refractivity contribution in [3.05, 3.63) is 22.6 Å². The van der Waals surface area contributed by atoms with E-state index < -0.39 is 0 Å². The molecular weight excluding hydrogens is 280 g/mol. The number of nitrogens with zero attached hydrogens (tertiary/aromatic N) is 1. The molecule has 3 nitrogen and oxygen atoms in total. The highest BCUT2D eigenvalue weighted by atomic mass is 79.9. The molecular formula is C13H19BrN2O. The normalized spacial score (nSPS) is 33.2. The van der Waals surface area contributed by atoms with Crippen LogP contribution in [0.1, 0.15) is 19.1 Å². The Bertz CT molecular complexity index is 393. The third kappa shape index (κ3) is 2.07. The summed E-state index contributed by atoms with van der Waals surface area (Å²) in [5.41, 5.74) is 0. The van der Waals surface area contributed by atoms with Gasteiger partial charge in [-0.3, -0.25) is 4.90 Å². The molecule has 94 valence electrons. The molecule has 17 heavy (non-hydrogen) atoms. The van der Waals surface area contributed by atoms with E-state index in [4.69, 9.17) is 4.42 Å². The summed E-state index contributed by atoms with van der Waals surface area (Å²) in [6.45, 7) is 6.84. The minimum Gasteiger partial charge on any atom is -0.467 e. The van der Waals surface area contributed by atoms with Gasteiger partial charge in [0.05, 0.1) is 17.3 Å². The SMILES string of the molecule is CCC1C2CNCC2CN1Cc1occc1Br. The Kier molecular flexibility index (Phi) is 3.28. The highest BCUT2D eigenvalue weighted by Crippen LogP contribution is 2.35. The first kappa shape index (κ1) is 11.8. The highest BCUT2D eigenvalue weighted by molar-refractivity contribution is 9.10. The zero-order chi connectivity index (χ0) is 11.8. The Morgan fingerprint density at radius 1 is 1.53 bits per heavy atom. The fourth-order valence-electron chi connectivity index (χ4n) is 3.48. The van der Waals surface area contributed by atoms with Crippen LogP contribution in [0, 0.1) is 11.8 Å². The van der Waals surface area contributed by atoms with Gasteiger partial charge in [-0.2, -0.15) is 0 Å². The van der Waals surface area contributed by atoms with Gasteiger partial charge in [0.25, 0.3) is 0 Å². The molecule has 1 aromatic rings. The highest BCUT2D eigenvalue weighted by Gasteiger charge is 2.43. The first-order chi connectivity index (χ1) is 8.29. The summed E-state index contributed by atoms with van der Waals surface area (Å²) >= 11 is 3.54. The average molecular weight is 299 g/mol. The van der Waals surface area contributed by atoms with Gasteiger partial charge in [0.1, 0.15) is 5.76 Å². The molecule has 0 bridgehead atoms. The number of likely N-dealkylation sites (tertiary alicyclic amines) is 1. The Labute approximate surface area is 111 Å². The molecule has 3 atom stereocenters. The smallest absolute Gasteiger partial charge is 0.131 e. The zero-order valence-corrected chi connectivity index (χ0v) is 11.7. The van der Waals surface area contributed by atoms with Crippen molar-refractivity contribution in [2.24, 2.45) is 11.8 Å². The molecule has 1 N–H and O–H groups in total. The molecule has 2 saturated heterocycles. The fraction of sp³-hybridized carbons (Fsp3) is 0.692. The molecule has 3 rings (SSSR count). The topological polar surface area (TPSA) is 28.4 Å². The lowest BCUT2D eigenvalue weighted by atomic mass is 9.93. The van der Waals surface area contributed by atoms with Gasteiger partial charge in [-0.25, -0.2) is 0 Å². The van der Waals surface area contributed by atoms with Crippen LogP contribution in [0.5, 0.6) is 0 Å². The van der Waals surface area contributed by atoms with Gasteiger partial charge in [0.15, 0.2) is 0 Å². The quantitative estimate of drug-likeness (QED) is 0.929. The molecule has 3 heterocycles. The van der Waals surface area contributed by atoms with E-state index in [-0.39, 0.29) is 0 Å².